The maximum Gasteiger partial charge on any atom is 0.172 e. The van der Waals surface area contributed by atoms with Crippen LogP contribution in [-0.2, 0) is 16.3 Å². The second-order valence-corrected chi connectivity index (χ2v) is 14.9. The first kappa shape index (κ1) is 14.7. The van der Waals surface area contributed by atoms with E-state index >= 15 is 0 Å². The first-order chi connectivity index (χ1) is 8.16. The molecule has 1 atom stereocenters. The molecule has 100 valence electrons. The Morgan fingerprint density at radius 2 is 1.47 bits per heavy atom. The predicted octanol–water partition coefficient (Wildman–Crippen LogP) is 5.56. The lowest BCUT2D eigenvalue weighted by atomic mass is 9.98. The van der Waals surface area contributed by atoms with Crippen LogP contribution < -0.4 is 0 Å². The van der Waals surface area contributed by atoms with Crippen molar-refractivity contribution in [2.45, 2.75) is 75.6 Å². The SMILES string of the molecule is S=P(S)(OC1CCCCC1)SC1CCCCC1. The van der Waals surface area contributed by atoms with Crippen LogP contribution in [0.25, 0.3) is 0 Å². The van der Waals surface area contributed by atoms with Crippen LogP contribution in [0.15, 0.2) is 0 Å². The molecule has 0 aliphatic heterocycles. The van der Waals surface area contributed by atoms with E-state index in [4.69, 9.17) is 16.3 Å². The highest BCUT2D eigenvalue weighted by atomic mass is 33.2. The van der Waals surface area contributed by atoms with Gasteiger partial charge in [-0.15, -0.1) is 12.2 Å². The molecule has 0 aromatic rings. The third kappa shape index (κ3) is 5.44. The third-order valence-corrected chi connectivity index (χ3v) is 9.39. The molecule has 0 amide bonds. The zero-order chi connectivity index (χ0) is 12.1. The van der Waals surface area contributed by atoms with Gasteiger partial charge >= 0.3 is 0 Å². The smallest absolute Gasteiger partial charge is 0.172 e. The van der Waals surface area contributed by atoms with Crippen molar-refractivity contribution in [1.29, 1.82) is 0 Å². The highest BCUT2D eigenvalue weighted by Crippen LogP contribution is 2.68. The molecule has 1 nitrogen and oxygen atoms in total. The number of rotatable bonds is 4. The van der Waals surface area contributed by atoms with Gasteiger partial charge in [-0.2, -0.15) is 0 Å². The van der Waals surface area contributed by atoms with Gasteiger partial charge in [-0.3, -0.25) is 0 Å². The van der Waals surface area contributed by atoms with E-state index < -0.39 is 4.67 Å². The van der Waals surface area contributed by atoms with E-state index in [2.05, 4.69) is 12.2 Å². The van der Waals surface area contributed by atoms with Crippen molar-refractivity contribution in [3.8, 4) is 0 Å². The summed E-state index contributed by atoms with van der Waals surface area (Å²) < 4.78 is 4.25. The molecule has 0 spiro atoms. The van der Waals surface area contributed by atoms with Crippen LogP contribution in [0, 0.1) is 0 Å². The van der Waals surface area contributed by atoms with Crippen molar-refractivity contribution in [1.82, 2.24) is 0 Å². The Labute approximate surface area is 120 Å². The largest absolute Gasteiger partial charge is 0.331 e. The highest BCUT2D eigenvalue weighted by molar-refractivity contribution is 8.95. The molecule has 17 heavy (non-hydrogen) atoms. The van der Waals surface area contributed by atoms with Crippen LogP contribution in [-0.4, -0.2) is 11.4 Å². The Balaban J connectivity index is 1.78. The lowest BCUT2D eigenvalue weighted by Crippen LogP contribution is -2.14. The van der Waals surface area contributed by atoms with Gasteiger partial charge in [0.1, 0.15) is 0 Å². The Morgan fingerprint density at radius 3 is 2.06 bits per heavy atom. The van der Waals surface area contributed by atoms with Gasteiger partial charge in [0.15, 0.2) is 4.67 Å². The van der Waals surface area contributed by atoms with Crippen LogP contribution in [0.4, 0.5) is 0 Å². The molecule has 0 aromatic heterocycles. The van der Waals surface area contributed by atoms with E-state index in [0.717, 1.165) is 5.25 Å². The van der Waals surface area contributed by atoms with Crippen molar-refractivity contribution in [3.63, 3.8) is 0 Å². The Hall–Kier alpha value is 1.31. The minimum Gasteiger partial charge on any atom is -0.331 e. The Morgan fingerprint density at radius 1 is 0.941 bits per heavy atom. The standard InChI is InChI=1S/C12H23OPS3/c15-14(16,13-11-7-3-1-4-8-11)17-12-9-5-2-6-10-12/h11-12H,1-10H2,(H,15,16). The maximum atomic E-state index is 6.13. The molecule has 0 saturated heterocycles. The summed E-state index contributed by atoms with van der Waals surface area (Å²) in [6.07, 6.45) is 13.5. The van der Waals surface area contributed by atoms with Gasteiger partial charge in [-0.25, -0.2) is 0 Å². The molecule has 0 radical (unpaired) electrons. The number of hydrogen-bond donors (Lipinski definition) is 1. The number of thiol groups is 1. The molecule has 1 unspecified atom stereocenters. The predicted molar refractivity (Wildman–Crippen MR) is 85.7 cm³/mol. The van der Waals surface area contributed by atoms with E-state index in [1.165, 1.54) is 64.2 Å². The summed E-state index contributed by atoms with van der Waals surface area (Å²) in [6.45, 7) is 0. The first-order valence-corrected chi connectivity index (χ1v) is 12.2. The van der Waals surface area contributed by atoms with Crippen molar-refractivity contribution < 1.29 is 4.52 Å². The van der Waals surface area contributed by atoms with Gasteiger partial charge < -0.3 is 4.52 Å². The molecule has 0 bridgehead atoms. The highest BCUT2D eigenvalue weighted by Gasteiger charge is 2.26. The summed E-state index contributed by atoms with van der Waals surface area (Å²) in [5.41, 5.74) is 0. The van der Waals surface area contributed by atoms with E-state index in [1.807, 2.05) is 11.4 Å². The monoisotopic (exact) mass is 310 g/mol. The van der Waals surface area contributed by atoms with Crippen molar-refractivity contribution in [2.75, 3.05) is 0 Å². The zero-order valence-corrected chi connectivity index (χ0v) is 13.8. The van der Waals surface area contributed by atoms with Gasteiger partial charge in [0, 0.05) is 5.25 Å². The average Bonchev–Trinajstić information content (AvgIpc) is 2.30. The third-order valence-electron chi connectivity index (χ3n) is 3.67. The van der Waals surface area contributed by atoms with Crippen LogP contribution in [0.1, 0.15) is 64.2 Å². The van der Waals surface area contributed by atoms with E-state index in [1.54, 1.807) is 0 Å². The molecule has 0 aromatic carbocycles. The molecular formula is C12H23OPS3. The Kier molecular flexibility index (Phi) is 6.22. The number of hydrogen-bond acceptors (Lipinski definition) is 3. The van der Waals surface area contributed by atoms with Crippen LogP contribution >= 0.6 is 28.3 Å². The molecule has 0 heterocycles. The minimum atomic E-state index is -1.89. The minimum absolute atomic E-state index is 0.406. The molecule has 2 rings (SSSR count). The fourth-order valence-electron chi connectivity index (χ4n) is 2.74. The normalized spacial score (nSPS) is 27.8. The zero-order valence-electron chi connectivity index (χ0n) is 10.3. The van der Waals surface area contributed by atoms with Gasteiger partial charge in [0.25, 0.3) is 0 Å². The van der Waals surface area contributed by atoms with Crippen LogP contribution in [0.2, 0.25) is 0 Å². The van der Waals surface area contributed by atoms with Crippen LogP contribution in [0.5, 0.6) is 0 Å². The average molecular weight is 310 g/mol. The topological polar surface area (TPSA) is 9.23 Å². The molecule has 5 heteroatoms. The summed E-state index contributed by atoms with van der Waals surface area (Å²) >= 11 is 12.2. The summed E-state index contributed by atoms with van der Waals surface area (Å²) in [5.74, 6) is 0. The van der Waals surface area contributed by atoms with E-state index in [-0.39, 0.29) is 0 Å². The van der Waals surface area contributed by atoms with Crippen molar-refractivity contribution in [3.05, 3.63) is 0 Å². The molecule has 2 aliphatic carbocycles. The fourth-order valence-corrected chi connectivity index (χ4v) is 9.64. The fraction of sp³-hybridized carbons (Fsp3) is 1.00. The molecule has 0 N–H and O–H groups in total. The van der Waals surface area contributed by atoms with Crippen LogP contribution in [0.3, 0.4) is 0 Å². The quantitative estimate of drug-likeness (QED) is 0.538. The van der Waals surface area contributed by atoms with Gasteiger partial charge in [0.05, 0.1) is 6.10 Å². The Bertz CT molecular complexity index is 249. The summed E-state index contributed by atoms with van der Waals surface area (Å²) in [5, 5.41) is 0.718. The lowest BCUT2D eigenvalue weighted by molar-refractivity contribution is 0.180. The summed E-state index contributed by atoms with van der Waals surface area (Å²) in [7, 11) is 0. The second-order valence-electron chi connectivity index (χ2n) is 5.20. The van der Waals surface area contributed by atoms with Crippen molar-refractivity contribution in [2.24, 2.45) is 0 Å². The summed E-state index contributed by atoms with van der Waals surface area (Å²) in [6, 6.07) is 0. The molecule has 2 aliphatic rings. The maximum absolute atomic E-state index is 6.13. The lowest BCUT2D eigenvalue weighted by Gasteiger charge is -2.30. The molecule has 2 fully saturated rings. The van der Waals surface area contributed by atoms with Gasteiger partial charge in [0.2, 0.25) is 0 Å². The second kappa shape index (κ2) is 7.19. The molecule has 2 saturated carbocycles. The van der Waals surface area contributed by atoms with Crippen molar-refractivity contribution >= 4 is 40.1 Å². The summed E-state index contributed by atoms with van der Waals surface area (Å²) in [4.78, 5) is 0. The van der Waals surface area contributed by atoms with E-state index in [0.29, 0.717) is 6.10 Å². The molecular weight excluding hydrogens is 287 g/mol. The van der Waals surface area contributed by atoms with Gasteiger partial charge in [-0.05, 0) is 37.5 Å². The van der Waals surface area contributed by atoms with Gasteiger partial charge in [-0.1, -0.05) is 49.9 Å². The first-order valence-electron chi connectivity index (χ1n) is 6.85. The van der Waals surface area contributed by atoms with E-state index in [9.17, 15) is 0 Å².